The minimum Gasteiger partial charge on any atom is -0.497 e. The monoisotopic (exact) mass is 319 g/mol. The molecule has 0 aliphatic heterocycles. The second-order valence-electron chi connectivity index (χ2n) is 4.48. The van der Waals surface area contributed by atoms with E-state index < -0.39 is 5.91 Å². The van der Waals surface area contributed by atoms with Gasteiger partial charge in [0.05, 0.1) is 19.9 Å². The standard InChI is InChI=1S/C16H21N3O4/c1-21-8-4-7-18-16(20)12(10-17)11-19-14-9-13(22-2)5-6-15(14)23-3/h5-6,9,11,19H,4,7-8H2,1-3H3,(H,18,20)/b12-11-. The average molecular weight is 319 g/mol. The van der Waals surface area contributed by atoms with Gasteiger partial charge in [-0.25, -0.2) is 0 Å². The zero-order chi connectivity index (χ0) is 17.1. The van der Waals surface area contributed by atoms with Gasteiger partial charge in [-0.3, -0.25) is 4.79 Å². The van der Waals surface area contributed by atoms with Crippen molar-refractivity contribution in [3.05, 3.63) is 30.0 Å². The van der Waals surface area contributed by atoms with Crippen molar-refractivity contribution in [1.82, 2.24) is 5.32 Å². The number of ether oxygens (including phenoxy) is 3. The molecule has 0 aliphatic rings. The molecule has 0 saturated heterocycles. The van der Waals surface area contributed by atoms with Crippen LogP contribution in [0.15, 0.2) is 30.0 Å². The van der Waals surface area contributed by atoms with Crippen LogP contribution in [0.2, 0.25) is 0 Å². The highest BCUT2D eigenvalue weighted by molar-refractivity contribution is 5.97. The zero-order valence-corrected chi connectivity index (χ0v) is 13.5. The van der Waals surface area contributed by atoms with Gasteiger partial charge in [-0.2, -0.15) is 5.26 Å². The van der Waals surface area contributed by atoms with Crippen LogP contribution >= 0.6 is 0 Å². The number of methoxy groups -OCH3 is 3. The van der Waals surface area contributed by atoms with E-state index in [-0.39, 0.29) is 5.57 Å². The maximum atomic E-state index is 11.9. The van der Waals surface area contributed by atoms with Gasteiger partial charge >= 0.3 is 0 Å². The molecule has 1 aromatic rings. The van der Waals surface area contributed by atoms with E-state index in [1.165, 1.54) is 13.3 Å². The Morgan fingerprint density at radius 2 is 2.09 bits per heavy atom. The molecule has 0 aliphatic carbocycles. The number of nitrogens with one attached hydrogen (secondary N) is 2. The lowest BCUT2D eigenvalue weighted by atomic mass is 10.2. The van der Waals surface area contributed by atoms with Gasteiger partial charge in [0.1, 0.15) is 23.1 Å². The lowest BCUT2D eigenvalue weighted by molar-refractivity contribution is -0.117. The SMILES string of the molecule is COCCCNC(=O)/C(C#N)=C\Nc1cc(OC)ccc1OC. The molecule has 0 fully saturated rings. The van der Waals surface area contributed by atoms with E-state index in [0.29, 0.717) is 36.8 Å². The molecule has 2 N–H and O–H groups in total. The Morgan fingerprint density at radius 1 is 1.30 bits per heavy atom. The summed E-state index contributed by atoms with van der Waals surface area (Å²) in [6, 6.07) is 7.05. The normalized spacial score (nSPS) is 10.6. The molecule has 0 radical (unpaired) electrons. The van der Waals surface area contributed by atoms with E-state index in [2.05, 4.69) is 10.6 Å². The van der Waals surface area contributed by atoms with Crippen LogP contribution in [0.25, 0.3) is 0 Å². The molecule has 0 saturated carbocycles. The first-order valence-corrected chi connectivity index (χ1v) is 7.02. The summed E-state index contributed by atoms with van der Waals surface area (Å²) in [7, 11) is 4.67. The van der Waals surface area contributed by atoms with Gasteiger partial charge < -0.3 is 24.8 Å². The first-order chi connectivity index (χ1) is 11.2. The number of amides is 1. The van der Waals surface area contributed by atoms with E-state index >= 15 is 0 Å². The van der Waals surface area contributed by atoms with Gasteiger partial charge in [-0.1, -0.05) is 0 Å². The van der Waals surface area contributed by atoms with E-state index in [1.54, 1.807) is 32.4 Å². The van der Waals surface area contributed by atoms with Crippen LogP contribution < -0.4 is 20.1 Å². The maximum Gasteiger partial charge on any atom is 0.263 e. The largest absolute Gasteiger partial charge is 0.497 e. The topological polar surface area (TPSA) is 92.6 Å². The lowest BCUT2D eigenvalue weighted by Crippen LogP contribution is -2.26. The van der Waals surface area contributed by atoms with E-state index in [0.717, 1.165) is 0 Å². The highest BCUT2D eigenvalue weighted by Gasteiger charge is 2.09. The number of hydrogen-bond donors (Lipinski definition) is 2. The van der Waals surface area contributed by atoms with Crippen molar-refractivity contribution in [3.63, 3.8) is 0 Å². The fourth-order valence-corrected chi connectivity index (χ4v) is 1.74. The number of carbonyl (C=O) groups excluding carboxylic acids is 1. The smallest absolute Gasteiger partial charge is 0.263 e. The van der Waals surface area contributed by atoms with Crippen LogP contribution in [0.4, 0.5) is 5.69 Å². The molecular formula is C16H21N3O4. The number of rotatable bonds is 9. The van der Waals surface area contributed by atoms with Crippen molar-refractivity contribution in [3.8, 4) is 17.6 Å². The zero-order valence-electron chi connectivity index (χ0n) is 13.5. The van der Waals surface area contributed by atoms with Crippen molar-refractivity contribution in [2.24, 2.45) is 0 Å². The molecule has 1 aromatic carbocycles. The third-order valence-electron chi connectivity index (χ3n) is 2.95. The molecule has 1 amide bonds. The van der Waals surface area contributed by atoms with Crippen LogP contribution in [-0.4, -0.2) is 40.4 Å². The van der Waals surface area contributed by atoms with E-state index in [4.69, 9.17) is 19.5 Å². The molecule has 0 bridgehead atoms. The number of hydrogen-bond acceptors (Lipinski definition) is 6. The van der Waals surface area contributed by atoms with Crippen molar-refractivity contribution in [2.75, 3.05) is 39.8 Å². The second-order valence-corrected chi connectivity index (χ2v) is 4.48. The number of nitriles is 1. The number of nitrogens with zero attached hydrogens (tertiary/aromatic N) is 1. The maximum absolute atomic E-state index is 11.9. The van der Waals surface area contributed by atoms with Crippen molar-refractivity contribution < 1.29 is 19.0 Å². The summed E-state index contributed by atoms with van der Waals surface area (Å²) in [4.78, 5) is 11.9. The van der Waals surface area contributed by atoms with Crippen molar-refractivity contribution in [2.45, 2.75) is 6.42 Å². The van der Waals surface area contributed by atoms with Gasteiger partial charge in [-0.05, 0) is 18.6 Å². The third kappa shape index (κ3) is 5.88. The van der Waals surface area contributed by atoms with Crippen LogP contribution in [-0.2, 0) is 9.53 Å². The number of benzene rings is 1. The van der Waals surface area contributed by atoms with Crippen LogP contribution in [0.1, 0.15) is 6.42 Å². The Kier molecular flexibility index (Phi) is 8.03. The predicted octanol–water partition coefficient (Wildman–Crippen LogP) is 1.68. The fourth-order valence-electron chi connectivity index (χ4n) is 1.74. The number of carbonyl (C=O) groups is 1. The Bertz CT molecular complexity index is 593. The van der Waals surface area contributed by atoms with Crippen molar-refractivity contribution in [1.29, 1.82) is 5.26 Å². The van der Waals surface area contributed by atoms with Gasteiger partial charge in [-0.15, -0.1) is 0 Å². The summed E-state index contributed by atoms with van der Waals surface area (Å²) in [6.07, 6.45) is 2.01. The molecule has 0 aromatic heterocycles. The molecule has 23 heavy (non-hydrogen) atoms. The molecule has 0 spiro atoms. The van der Waals surface area contributed by atoms with Crippen molar-refractivity contribution >= 4 is 11.6 Å². The predicted molar refractivity (Wildman–Crippen MR) is 86.4 cm³/mol. The first-order valence-electron chi connectivity index (χ1n) is 7.02. The number of anilines is 1. The van der Waals surface area contributed by atoms with Crippen LogP contribution in [0.3, 0.4) is 0 Å². The van der Waals surface area contributed by atoms with Crippen LogP contribution in [0.5, 0.6) is 11.5 Å². The summed E-state index contributed by atoms with van der Waals surface area (Å²) in [6.45, 7) is 0.985. The first kappa shape index (κ1) is 18.3. The Balaban J connectivity index is 2.76. The highest BCUT2D eigenvalue weighted by Crippen LogP contribution is 2.28. The molecule has 0 heterocycles. The fraction of sp³-hybridized carbons (Fsp3) is 0.375. The van der Waals surface area contributed by atoms with Gasteiger partial charge in [0.2, 0.25) is 0 Å². The van der Waals surface area contributed by atoms with E-state index in [1.807, 2.05) is 6.07 Å². The Hall–Kier alpha value is -2.72. The lowest BCUT2D eigenvalue weighted by Gasteiger charge is -2.10. The molecule has 7 nitrogen and oxygen atoms in total. The molecule has 0 unspecified atom stereocenters. The average Bonchev–Trinajstić information content (AvgIpc) is 2.59. The third-order valence-corrected chi connectivity index (χ3v) is 2.95. The summed E-state index contributed by atoms with van der Waals surface area (Å²) in [5, 5.41) is 14.7. The Labute approximate surface area is 135 Å². The molecular weight excluding hydrogens is 298 g/mol. The molecule has 7 heteroatoms. The molecule has 0 atom stereocenters. The summed E-state index contributed by atoms with van der Waals surface area (Å²) in [5.41, 5.74) is 0.555. The summed E-state index contributed by atoms with van der Waals surface area (Å²) >= 11 is 0. The molecule has 124 valence electrons. The highest BCUT2D eigenvalue weighted by atomic mass is 16.5. The summed E-state index contributed by atoms with van der Waals surface area (Å²) in [5.74, 6) is 0.752. The van der Waals surface area contributed by atoms with Crippen LogP contribution in [0, 0.1) is 11.3 Å². The molecule has 1 rings (SSSR count). The van der Waals surface area contributed by atoms with Gasteiger partial charge in [0.15, 0.2) is 0 Å². The Morgan fingerprint density at radius 3 is 2.70 bits per heavy atom. The van der Waals surface area contributed by atoms with Gasteiger partial charge in [0.25, 0.3) is 5.91 Å². The summed E-state index contributed by atoms with van der Waals surface area (Å²) < 4.78 is 15.3. The minimum atomic E-state index is -0.446. The minimum absolute atomic E-state index is 0.0349. The van der Waals surface area contributed by atoms with E-state index in [9.17, 15) is 4.79 Å². The second kappa shape index (κ2) is 10.1. The van der Waals surface area contributed by atoms with Gasteiger partial charge in [0, 0.05) is 32.5 Å². The quantitative estimate of drug-likeness (QED) is 0.409.